The Kier molecular flexibility index (Phi) is 4.01. The van der Waals surface area contributed by atoms with Crippen LogP contribution in [0.1, 0.15) is 18.2 Å². The number of nitrogens with zero attached hydrogens (tertiary/aromatic N) is 1. The van der Waals surface area contributed by atoms with Crippen molar-refractivity contribution in [2.24, 2.45) is 0 Å². The Morgan fingerprint density at radius 3 is 2.62 bits per heavy atom. The van der Waals surface area contributed by atoms with Crippen LogP contribution in [0.3, 0.4) is 0 Å². The van der Waals surface area contributed by atoms with E-state index in [-0.39, 0.29) is 7.40 Å². The van der Waals surface area contributed by atoms with Crippen LogP contribution in [0.4, 0.5) is 0 Å². The Labute approximate surface area is 125 Å². The minimum Gasteiger partial charge on any atom is -0.462 e. The number of hydrogen-bond acceptors (Lipinski definition) is 2. The molecule has 106 valence electrons. The van der Waals surface area contributed by atoms with Gasteiger partial charge in [-0.15, -0.1) is 0 Å². The van der Waals surface area contributed by atoms with Crippen molar-refractivity contribution in [1.82, 2.24) is 4.57 Å². The van der Waals surface area contributed by atoms with Crippen molar-refractivity contribution >= 4 is 16.9 Å². The van der Waals surface area contributed by atoms with Crippen LogP contribution >= 0.6 is 0 Å². The molecule has 1 heterocycles. The zero-order valence-corrected chi connectivity index (χ0v) is 11.7. The zero-order valence-electron chi connectivity index (χ0n) is 12.7. The third-order valence-corrected chi connectivity index (χ3v) is 3.47. The lowest BCUT2D eigenvalue weighted by Crippen LogP contribution is -2.08. The molecule has 3 rings (SSSR count). The molecule has 0 unspecified atom stereocenters. The number of ether oxygens (including phenoxy) is 1. The molecule has 0 spiro atoms. The second-order valence-electron chi connectivity index (χ2n) is 4.92. The summed E-state index contributed by atoms with van der Waals surface area (Å²) in [7, 11) is 0. The van der Waals surface area contributed by atoms with E-state index >= 15 is 0 Å². The fourth-order valence-electron chi connectivity index (χ4n) is 2.39. The molecule has 0 saturated heterocycles. The number of esters is 1. The van der Waals surface area contributed by atoms with Gasteiger partial charge in [-0.1, -0.05) is 36.4 Å². The highest BCUT2D eigenvalue weighted by Gasteiger charge is 2.05. The summed E-state index contributed by atoms with van der Waals surface area (Å²) in [5.41, 5.74) is 1.82. The third kappa shape index (κ3) is 3.14. The van der Waals surface area contributed by atoms with Crippen LogP contribution in [0.15, 0.2) is 66.9 Å². The molecule has 0 aliphatic carbocycles. The summed E-state index contributed by atoms with van der Waals surface area (Å²) in [5, 5.41) is 1.23. The minimum atomic E-state index is -0.257. The number of benzene rings is 2. The Morgan fingerprint density at radius 1 is 1.00 bits per heavy atom. The van der Waals surface area contributed by atoms with Crippen LogP contribution in [0.25, 0.3) is 10.9 Å². The Morgan fingerprint density at radius 2 is 1.76 bits per heavy atom. The Balaban J connectivity index is 0.00000176. The normalized spacial score (nSPS) is 10.7. The number of aryl methyl sites for hydroxylation is 1. The van der Waals surface area contributed by atoms with Gasteiger partial charge >= 0.3 is 7.40 Å². The number of rotatable bonds is 5. The smallest absolute Gasteiger partial charge is 0.462 e. The van der Waals surface area contributed by atoms with E-state index in [0.29, 0.717) is 12.2 Å². The summed E-state index contributed by atoms with van der Waals surface area (Å²) in [6.07, 6.45) is 2.88. The molecule has 0 amide bonds. The molecule has 0 aliphatic rings. The van der Waals surface area contributed by atoms with Crippen molar-refractivity contribution in [2.75, 3.05) is 6.61 Å². The molecule has 0 N–H and O–H groups in total. The number of hydrogen-bond donors (Lipinski definition) is 0. The lowest BCUT2D eigenvalue weighted by atomic mass is 10.2. The van der Waals surface area contributed by atoms with E-state index in [0.717, 1.165) is 13.0 Å². The van der Waals surface area contributed by atoms with Crippen LogP contribution in [0.5, 0.6) is 0 Å². The lowest BCUT2D eigenvalue weighted by molar-refractivity contribution is 0.0496. The second kappa shape index (κ2) is 6.27. The van der Waals surface area contributed by atoms with E-state index < -0.39 is 0 Å². The van der Waals surface area contributed by atoms with Gasteiger partial charge in [0.25, 0.3) is 0 Å². The van der Waals surface area contributed by atoms with Gasteiger partial charge < -0.3 is 9.30 Å². The largest absolute Gasteiger partial charge is 1.00 e. The monoisotopic (exact) mass is 280 g/mol. The van der Waals surface area contributed by atoms with E-state index in [9.17, 15) is 4.79 Å². The van der Waals surface area contributed by atoms with Crippen LogP contribution < -0.4 is 0 Å². The lowest BCUT2D eigenvalue weighted by Gasteiger charge is -2.07. The average molecular weight is 280 g/mol. The molecule has 0 saturated carbocycles. The summed E-state index contributed by atoms with van der Waals surface area (Å²) < 4.78 is 7.47. The van der Waals surface area contributed by atoms with Gasteiger partial charge in [0.05, 0.1) is 12.2 Å². The molecule has 0 fully saturated rings. The maximum atomic E-state index is 11.8. The first-order valence-corrected chi connectivity index (χ1v) is 7.10. The molecule has 21 heavy (non-hydrogen) atoms. The van der Waals surface area contributed by atoms with Crippen molar-refractivity contribution in [3.8, 4) is 0 Å². The van der Waals surface area contributed by atoms with Gasteiger partial charge in [0.1, 0.15) is 0 Å². The topological polar surface area (TPSA) is 31.2 Å². The van der Waals surface area contributed by atoms with Gasteiger partial charge in [-0.3, -0.25) is 0 Å². The Bertz CT molecular complexity index is 737. The summed E-state index contributed by atoms with van der Waals surface area (Å²) in [6, 6.07) is 19.5. The molecular weight excluding hydrogens is 262 g/mol. The van der Waals surface area contributed by atoms with Crippen molar-refractivity contribution in [2.45, 2.75) is 13.0 Å². The molecule has 1 aromatic heterocycles. The minimum absolute atomic E-state index is 0. The maximum Gasteiger partial charge on any atom is 1.00 e. The van der Waals surface area contributed by atoms with Gasteiger partial charge in [0.15, 0.2) is 0 Å². The highest BCUT2D eigenvalue weighted by Crippen LogP contribution is 2.15. The molecule has 3 heteroatoms. The predicted octanol–water partition coefficient (Wildman–Crippen LogP) is 4.00. The quantitative estimate of drug-likeness (QED) is 0.522. The van der Waals surface area contributed by atoms with Gasteiger partial charge in [0.2, 0.25) is 0 Å². The SMILES string of the molecule is O=C(OCCCn1ccc2ccccc21)c1ccccc1.[H+]. The predicted molar refractivity (Wildman–Crippen MR) is 84.4 cm³/mol. The molecule has 3 aromatic rings. The number of carbonyl (C=O) groups excluding carboxylic acids is 1. The molecule has 0 aliphatic heterocycles. The molecule has 3 nitrogen and oxygen atoms in total. The van der Waals surface area contributed by atoms with E-state index in [1.54, 1.807) is 12.1 Å². The fraction of sp³-hybridized carbons (Fsp3) is 0.167. The highest BCUT2D eigenvalue weighted by atomic mass is 16.5. The maximum absolute atomic E-state index is 11.8. The summed E-state index contributed by atoms with van der Waals surface area (Å²) in [6.45, 7) is 1.27. The summed E-state index contributed by atoms with van der Waals surface area (Å²) in [4.78, 5) is 11.8. The van der Waals surface area contributed by atoms with Gasteiger partial charge in [-0.05, 0) is 36.1 Å². The standard InChI is InChI=1S/C18H17NO2/c20-18(16-8-2-1-3-9-16)21-14-6-12-19-13-11-15-7-4-5-10-17(15)19/h1-5,7-11,13H,6,12,14H2/p+1. The van der Waals surface area contributed by atoms with Gasteiger partial charge in [-0.25, -0.2) is 4.79 Å². The average Bonchev–Trinajstić information content (AvgIpc) is 2.95. The number of fused-ring (bicyclic) bond motifs is 1. The Hall–Kier alpha value is -2.55. The number of carbonyl (C=O) groups is 1. The van der Waals surface area contributed by atoms with Crippen molar-refractivity contribution < 1.29 is 11.0 Å². The molecule has 0 radical (unpaired) electrons. The van der Waals surface area contributed by atoms with Gasteiger partial charge in [0, 0.05) is 18.3 Å². The van der Waals surface area contributed by atoms with Crippen molar-refractivity contribution in [1.29, 1.82) is 0 Å². The van der Waals surface area contributed by atoms with Gasteiger partial charge in [-0.2, -0.15) is 0 Å². The first-order chi connectivity index (χ1) is 10.3. The van der Waals surface area contributed by atoms with E-state index in [4.69, 9.17) is 4.74 Å². The van der Waals surface area contributed by atoms with E-state index in [1.807, 2.05) is 30.3 Å². The molecule has 0 bridgehead atoms. The van der Waals surface area contributed by atoms with Crippen LogP contribution in [-0.4, -0.2) is 17.1 Å². The molecular formula is C18H18NO2+. The van der Waals surface area contributed by atoms with Crippen LogP contribution in [0, 0.1) is 0 Å². The molecule has 0 atom stereocenters. The fourth-order valence-corrected chi connectivity index (χ4v) is 2.39. The van der Waals surface area contributed by atoms with Crippen molar-refractivity contribution in [3.63, 3.8) is 0 Å². The first kappa shape index (κ1) is 13.4. The highest BCUT2D eigenvalue weighted by molar-refractivity contribution is 5.89. The first-order valence-electron chi connectivity index (χ1n) is 7.10. The van der Waals surface area contributed by atoms with E-state index in [1.165, 1.54) is 10.9 Å². The third-order valence-electron chi connectivity index (χ3n) is 3.47. The van der Waals surface area contributed by atoms with Crippen molar-refractivity contribution in [3.05, 3.63) is 72.4 Å². The number of aromatic nitrogens is 1. The van der Waals surface area contributed by atoms with Crippen LogP contribution in [-0.2, 0) is 11.3 Å². The summed E-state index contributed by atoms with van der Waals surface area (Å²) in [5.74, 6) is -0.257. The van der Waals surface area contributed by atoms with Crippen LogP contribution in [0.2, 0.25) is 0 Å². The molecule has 2 aromatic carbocycles. The second-order valence-corrected chi connectivity index (χ2v) is 4.92. The zero-order chi connectivity index (χ0) is 14.5. The summed E-state index contributed by atoms with van der Waals surface area (Å²) >= 11 is 0. The number of para-hydroxylation sites is 1. The van der Waals surface area contributed by atoms with E-state index in [2.05, 4.69) is 29.0 Å².